The van der Waals surface area contributed by atoms with Gasteiger partial charge < -0.3 is 10.4 Å². The summed E-state index contributed by atoms with van der Waals surface area (Å²) < 4.78 is 2.09. The number of hydrogen-bond acceptors (Lipinski definition) is 5. The van der Waals surface area contributed by atoms with Gasteiger partial charge >= 0.3 is 0 Å². The molecule has 0 aliphatic carbocycles. The fourth-order valence-electron chi connectivity index (χ4n) is 4.28. The summed E-state index contributed by atoms with van der Waals surface area (Å²) in [5.74, 6) is 2.13. The van der Waals surface area contributed by atoms with Gasteiger partial charge in [0.05, 0.1) is 16.5 Å². The Hall–Kier alpha value is -2.31. The largest absolute Gasteiger partial charge is 0.390 e. The minimum absolute atomic E-state index is 0.183. The molecule has 2 aromatic heterocycles. The predicted octanol–water partition coefficient (Wildman–Crippen LogP) is 5.61. The lowest BCUT2D eigenvalue weighted by atomic mass is 9.93. The van der Waals surface area contributed by atoms with E-state index < -0.39 is 5.60 Å². The van der Waals surface area contributed by atoms with Gasteiger partial charge in [0.15, 0.2) is 0 Å². The number of benzene rings is 1. The van der Waals surface area contributed by atoms with Crippen molar-refractivity contribution in [3.05, 3.63) is 64.8 Å². The fraction of sp³-hybridized carbons (Fsp3) is 0.462. The lowest BCUT2D eigenvalue weighted by Crippen LogP contribution is -2.19. The van der Waals surface area contributed by atoms with E-state index in [1.54, 1.807) is 0 Å². The van der Waals surface area contributed by atoms with Gasteiger partial charge in [-0.2, -0.15) is 5.10 Å². The van der Waals surface area contributed by atoms with Gasteiger partial charge in [0.25, 0.3) is 0 Å². The van der Waals surface area contributed by atoms with Gasteiger partial charge in [0, 0.05) is 30.1 Å². The first-order valence-electron chi connectivity index (χ1n) is 11.5. The second-order valence-electron chi connectivity index (χ2n) is 9.40. The van der Waals surface area contributed by atoms with Crippen LogP contribution in [-0.2, 0) is 13.0 Å². The van der Waals surface area contributed by atoms with Crippen LogP contribution in [0.4, 0.5) is 5.82 Å². The minimum Gasteiger partial charge on any atom is -0.390 e. The van der Waals surface area contributed by atoms with Gasteiger partial charge in [-0.25, -0.2) is 4.68 Å². The number of aliphatic hydroxyl groups is 1. The minimum atomic E-state index is -0.646. The molecule has 2 unspecified atom stereocenters. The van der Waals surface area contributed by atoms with Gasteiger partial charge in [-0.15, -0.1) is 11.8 Å². The maximum atomic E-state index is 10.1. The van der Waals surface area contributed by atoms with Gasteiger partial charge in [0.1, 0.15) is 11.5 Å². The molecule has 6 heteroatoms. The second kappa shape index (κ2) is 9.28. The molecule has 1 aliphatic heterocycles. The van der Waals surface area contributed by atoms with Crippen LogP contribution in [0.1, 0.15) is 61.6 Å². The summed E-state index contributed by atoms with van der Waals surface area (Å²) in [5.41, 5.74) is 6.34. The molecule has 3 aromatic rings. The first-order chi connectivity index (χ1) is 15.3. The van der Waals surface area contributed by atoms with Crippen LogP contribution in [0, 0.1) is 6.92 Å². The summed E-state index contributed by atoms with van der Waals surface area (Å²) in [6, 6.07) is 13.2. The molecule has 0 amide bonds. The second-order valence-corrected chi connectivity index (χ2v) is 10.5. The maximum absolute atomic E-state index is 10.1. The van der Waals surface area contributed by atoms with E-state index in [2.05, 4.69) is 54.0 Å². The molecule has 5 nitrogen and oxygen atoms in total. The summed E-state index contributed by atoms with van der Waals surface area (Å²) in [4.78, 5) is 4.63. The Bertz CT molecular complexity index is 1070. The highest BCUT2D eigenvalue weighted by Gasteiger charge is 2.32. The maximum Gasteiger partial charge on any atom is 0.129 e. The van der Waals surface area contributed by atoms with Crippen molar-refractivity contribution >= 4 is 17.6 Å². The van der Waals surface area contributed by atoms with Crippen LogP contribution >= 0.6 is 11.8 Å². The normalized spacial score (nSPS) is 18.7. The predicted molar refractivity (Wildman–Crippen MR) is 134 cm³/mol. The first-order valence-corrected chi connectivity index (χ1v) is 12.5. The number of pyridine rings is 1. The molecule has 2 atom stereocenters. The van der Waals surface area contributed by atoms with E-state index in [0.717, 1.165) is 42.3 Å². The average Bonchev–Trinajstić information content (AvgIpc) is 3.02. The zero-order valence-corrected chi connectivity index (χ0v) is 20.5. The molecular formula is C26H34N4OS. The number of anilines is 1. The first kappa shape index (κ1) is 22.9. The van der Waals surface area contributed by atoms with Gasteiger partial charge in [-0.1, -0.05) is 24.3 Å². The SMILES string of the molecule is CCn1nc(-c2ccccn2)c2c1NC(C)CSC2c1ccc(CCC(C)(C)O)cc1C. The monoisotopic (exact) mass is 450 g/mol. The molecule has 0 spiro atoms. The molecule has 0 fully saturated rings. The Morgan fingerprint density at radius 3 is 2.72 bits per heavy atom. The molecule has 0 saturated heterocycles. The van der Waals surface area contributed by atoms with Crippen molar-refractivity contribution in [2.75, 3.05) is 11.1 Å². The number of nitrogens with zero attached hydrogens (tertiary/aromatic N) is 3. The summed E-state index contributed by atoms with van der Waals surface area (Å²) >= 11 is 1.97. The van der Waals surface area contributed by atoms with Crippen molar-refractivity contribution < 1.29 is 5.11 Å². The highest BCUT2D eigenvalue weighted by molar-refractivity contribution is 7.99. The van der Waals surface area contributed by atoms with Crippen molar-refractivity contribution in [2.45, 2.75) is 70.9 Å². The zero-order chi connectivity index (χ0) is 22.9. The number of aryl methyl sites for hydroxylation is 3. The van der Waals surface area contributed by atoms with E-state index in [0.29, 0.717) is 6.04 Å². The van der Waals surface area contributed by atoms with E-state index in [9.17, 15) is 5.11 Å². The summed E-state index contributed by atoms with van der Waals surface area (Å²) in [7, 11) is 0. The highest BCUT2D eigenvalue weighted by atomic mass is 32.2. The number of rotatable bonds is 6. The van der Waals surface area contributed by atoms with Crippen LogP contribution in [0.2, 0.25) is 0 Å². The van der Waals surface area contributed by atoms with Crippen LogP contribution in [0.3, 0.4) is 0 Å². The van der Waals surface area contributed by atoms with E-state index >= 15 is 0 Å². The lowest BCUT2D eigenvalue weighted by molar-refractivity contribution is 0.0714. The van der Waals surface area contributed by atoms with E-state index in [1.165, 1.54) is 22.3 Å². The lowest BCUT2D eigenvalue weighted by Gasteiger charge is -2.20. The molecular weight excluding hydrogens is 416 g/mol. The van der Waals surface area contributed by atoms with Crippen LogP contribution in [0.5, 0.6) is 0 Å². The van der Waals surface area contributed by atoms with Gasteiger partial charge in [0.2, 0.25) is 0 Å². The molecule has 4 rings (SSSR count). The summed E-state index contributed by atoms with van der Waals surface area (Å²) in [5, 5.41) is 19.0. The van der Waals surface area contributed by atoms with Gasteiger partial charge in [-0.05, 0) is 76.3 Å². The van der Waals surface area contributed by atoms with Crippen molar-refractivity contribution in [2.24, 2.45) is 0 Å². The molecule has 0 saturated carbocycles. The third-order valence-electron chi connectivity index (χ3n) is 6.00. The average molecular weight is 451 g/mol. The quantitative estimate of drug-likeness (QED) is 0.511. The third-order valence-corrected chi connectivity index (χ3v) is 7.51. The fourth-order valence-corrected chi connectivity index (χ4v) is 5.68. The topological polar surface area (TPSA) is 63.0 Å². The molecule has 32 heavy (non-hydrogen) atoms. The molecule has 170 valence electrons. The molecule has 3 heterocycles. The van der Waals surface area contributed by atoms with Crippen LogP contribution in [0.25, 0.3) is 11.4 Å². The van der Waals surface area contributed by atoms with Crippen molar-refractivity contribution in [3.63, 3.8) is 0 Å². The Kier molecular flexibility index (Phi) is 6.63. The third kappa shape index (κ3) is 4.86. The van der Waals surface area contributed by atoms with Crippen LogP contribution in [0.15, 0.2) is 42.6 Å². The number of thioether (sulfide) groups is 1. The highest BCUT2D eigenvalue weighted by Crippen LogP contribution is 2.47. The van der Waals surface area contributed by atoms with Crippen molar-refractivity contribution in [1.82, 2.24) is 14.8 Å². The summed E-state index contributed by atoms with van der Waals surface area (Å²) in [6.07, 6.45) is 3.46. The Labute approximate surface area is 195 Å². The Morgan fingerprint density at radius 2 is 2.06 bits per heavy atom. The smallest absolute Gasteiger partial charge is 0.129 e. The zero-order valence-electron chi connectivity index (χ0n) is 19.7. The van der Waals surface area contributed by atoms with Crippen molar-refractivity contribution in [3.8, 4) is 11.4 Å². The molecule has 1 aromatic carbocycles. The number of fused-ring (bicyclic) bond motifs is 1. The Morgan fingerprint density at radius 1 is 1.25 bits per heavy atom. The van der Waals surface area contributed by atoms with Crippen LogP contribution in [-0.4, -0.2) is 37.3 Å². The van der Waals surface area contributed by atoms with E-state index in [-0.39, 0.29) is 5.25 Å². The molecule has 1 aliphatic rings. The Balaban J connectivity index is 1.79. The standard InChI is InChI=1S/C26H34N4OS/c1-6-30-25-22(23(29-30)21-9-7-8-14-27-21)24(32-16-18(3)28-25)20-11-10-19(15-17(20)2)12-13-26(4,5)31/h7-11,14-15,18,24,28,31H,6,12-13,16H2,1-5H3. The van der Waals surface area contributed by atoms with E-state index in [1.807, 2.05) is 50.0 Å². The van der Waals surface area contributed by atoms with Crippen LogP contribution < -0.4 is 5.32 Å². The number of nitrogens with one attached hydrogen (secondary N) is 1. The van der Waals surface area contributed by atoms with E-state index in [4.69, 9.17) is 5.10 Å². The summed E-state index contributed by atoms with van der Waals surface area (Å²) in [6.45, 7) is 11.1. The molecule has 2 N–H and O–H groups in total. The number of hydrogen-bond donors (Lipinski definition) is 2. The van der Waals surface area contributed by atoms with Gasteiger partial charge in [-0.3, -0.25) is 4.98 Å². The van der Waals surface area contributed by atoms with Crippen molar-refractivity contribution in [1.29, 1.82) is 0 Å². The number of aromatic nitrogens is 3. The molecule has 0 bridgehead atoms. The molecule has 0 radical (unpaired) electrons.